The zero-order valence-corrected chi connectivity index (χ0v) is 39.3. The summed E-state index contributed by atoms with van der Waals surface area (Å²) in [6.45, 7) is 8.23. The van der Waals surface area contributed by atoms with Gasteiger partial charge in [0.1, 0.15) is 13.2 Å². The maximum atomic E-state index is 13.9. The number of carbonyl (C=O) groups is 4. The van der Waals surface area contributed by atoms with Crippen molar-refractivity contribution in [2.45, 2.75) is 45.1 Å². The minimum absolute atomic E-state index is 0.0130. The van der Waals surface area contributed by atoms with Crippen LogP contribution in [-0.4, -0.2) is 88.1 Å². The normalized spacial score (nSPS) is 14.8. The minimum Gasteiger partial charge on any atom is -0.460 e. The van der Waals surface area contributed by atoms with Gasteiger partial charge in [0.15, 0.2) is 23.3 Å². The molecule has 9 rings (SSSR count). The Morgan fingerprint density at radius 3 is 1.45 bits per heavy atom. The summed E-state index contributed by atoms with van der Waals surface area (Å²) in [5.74, 6) is -6.84. The van der Waals surface area contributed by atoms with E-state index in [1.54, 1.807) is 0 Å². The first-order valence-electron chi connectivity index (χ1n) is 22.7. The van der Waals surface area contributed by atoms with Crippen molar-refractivity contribution in [3.05, 3.63) is 190 Å². The number of benzene rings is 5. The van der Waals surface area contributed by atoms with Crippen LogP contribution in [-0.2, 0) is 41.2 Å². The van der Waals surface area contributed by atoms with E-state index >= 15 is 0 Å². The van der Waals surface area contributed by atoms with E-state index in [-0.39, 0.29) is 61.8 Å². The van der Waals surface area contributed by atoms with Crippen LogP contribution < -0.4 is 0 Å². The number of esters is 2. The molecule has 0 unspecified atom stereocenters. The molecular formula is C55H50F4N4O8. The molecule has 12 nitrogen and oxygen atoms in total. The highest BCUT2D eigenvalue weighted by Crippen LogP contribution is 2.42. The largest absolute Gasteiger partial charge is 0.460 e. The molecule has 0 bridgehead atoms. The Labute approximate surface area is 406 Å². The fourth-order valence-electron chi connectivity index (χ4n) is 9.05. The van der Waals surface area contributed by atoms with E-state index in [1.807, 2.05) is 107 Å². The smallest absolute Gasteiger partial charge is 0.341 e. The second-order valence-electron chi connectivity index (χ2n) is 18.4. The van der Waals surface area contributed by atoms with Crippen molar-refractivity contribution >= 4 is 56.7 Å². The first-order valence-corrected chi connectivity index (χ1v) is 22.7. The maximum absolute atomic E-state index is 13.9. The number of aromatic nitrogens is 2. The molecule has 3 N–H and O–H groups in total. The van der Waals surface area contributed by atoms with E-state index in [1.165, 1.54) is 34.3 Å². The van der Waals surface area contributed by atoms with Gasteiger partial charge < -0.3 is 39.1 Å². The first kappa shape index (κ1) is 49.6. The van der Waals surface area contributed by atoms with Crippen molar-refractivity contribution in [2.24, 2.45) is 0 Å². The van der Waals surface area contributed by atoms with Crippen LogP contribution in [0.5, 0.6) is 0 Å². The SMILES string of the molecule is CC1(C)CN(C(=O)c2ccc(F)c(F)c2)C=C(C(=O)OCCO)c2[nH]c3ccccc3c21.CC1(C)CN(C(=O)c2ccc(F)c(F)c2)C=C(C(=O)OCCOCc2ccccc2)c2[nH]c3ccccc3c21. The van der Waals surface area contributed by atoms with E-state index in [0.29, 0.717) is 18.0 Å². The number of halogens is 4. The molecule has 2 aromatic heterocycles. The summed E-state index contributed by atoms with van der Waals surface area (Å²) in [5.41, 5.74) is 4.41. The zero-order valence-electron chi connectivity index (χ0n) is 39.3. The fourth-order valence-corrected chi connectivity index (χ4v) is 9.05. The van der Waals surface area contributed by atoms with Gasteiger partial charge in [-0.15, -0.1) is 0 Å². The van der Waals surface area contributed by atoms with Crippen LogP contribution in [0.2, 0.25) is 0 Å². The number of amides is 2. The Hall–Kier alpha value is -7.82. The summed E-state index contributed by atoms with van der Waals surface area (Å²) in [5, 5.41) is 10.9. The standard InChI is InChI=1S/C31H28F2N2O4.C24H22F2N2O4/c1-31(2)19-35(29(36)21-12-13-24(32)25(33)16-21)17-23(28-27(31)22-10-6-7-11-26(22)34-28)30(37)39-15-14-38-18-20-8-4-3-5-9-20;1-24(2)13-28(22(30)14-7-8-17(25)18(26)11-14)12-16(23(31)32-10-9-29)21-20(24)15-5-3-4-6-19(15)27-21/h3-13,16-17,34H,14-15,18-19H2,1-2H3;3-8,11-12,27,29H,9-10,13H2,1-2H3. The number of nitrogens with one attached hydrogen (secondary N) is 2. The lowest BCUT2D eigenvalue weighted by atomic mass is 9.81. The molecule has 0 atom stereocenters. The van der Waals surface area contributed by atoms with Crippen LogP contribution in [0.15, 0.2) is 128 Å². The number of rotatable bonds is 11. The summed E-state index contributed by atoms with van der Waals surface area (Å²) in [4.78, 5) is 62.2. The second kappa shape index (κ2) is 20.6. The van der Waals surface area contributed by atoms with Gasteiger partial charge in [-0.1, -0.05) is 94.4 Å². The van der Waals surface area contributed by atoms with Crippen LogP contribution >= 0.6 is 0 Å². The van der Waals surface area contributed by atoms with Gasteiger partial charge in [0.2, 0.25) is 0 Å². The molecule has 0 radical (unpaired) electrons. The van der Waals surface area contributed by atoms with Crippen molar-refractivity contribution < 1.29 is 56.1 Å². The molecule has 2 amide bonds. The van der Waals surface area contributed by atoms with Gasteiger partial charge in [0.05, 0.1) is 42.4 Å². The van der Waals surface area contributed by atoms with Gasteiger partial charge in [-0.3, -0.25) is 9.59 Å². The summed E-state index contributed by atoms with van der Waals surface area (Å²) in [6.07, 6.45) is 2.80. The summed E-state index contributed by atoms with van der Waals surface area (Å²) >= 11 is 0. The van der Waals surface area contributed by atoms with Gasteiger partial charge in [-0.25, -0.2) is 27.2 Å². The number of fused-ring (bicyclic) bond motifs is 6. The molecular weight excluding hydrogens is 921 g/mol. The molecule has 7 aromatic rings. The quantitative estimate of drug-likeness (QED) is 0.0658. The van der Waals surface area contributed by atoms with Crippen LogP contribution in [0.25, 0.3) is 33.0 Å². The predicted molar refractivity (Wildman–Crippen MR) is 258 cm³/mol. The highest BCUT2D eigenvalue weighted by atomic mass is 19.2. The van der Waals surface area contributed by atoms with E-state index in [2.05, 4.69) is 9.97 Å². The minimum atomic E-state index is -1.13. The van der Waals surface area contributed by atoms with Gasteiger partial charge in [-0.2, -0.15) is 0 Å². The molecule has 2 aliphatic heterocycles. The molecule has 0 aliphatic carbocycles. The maximum Gasteiger partial charge on any atom is 0.341 e. The lowest BCUT2D eigenvalue weighted by Crippen LogP contribution is -2.37. The lowest BCUT2D eigenvalue weighted by Gasteiger charge is -2.29. The number of aliphatic hydroxyl groups excluding tert-OH is 1. The van der Waals surface area contributed by atoms with Crippen molar-refractivity contribution in [1.29, 1.82) is 0 Å². The van der Waals surface area contributed by atoms with E-state index < -0.39 is 57.9 Å². The molecule has 0 fully saturated rings. The average Bonchev–Trinajstić information content (AvgIpc) is 3.89. The van der Waals surface area contributed by atoms with Gasteiger partial charge in [0, 0.05) is 69.3 Å². The van der Waals surface area contributed by atoms with Gasteiger partial charge in [-0.05, 0) is 65.2 Å². The number of para-hydroxylation sites is 2. The van der Waals surface area contributed by atoms with Crippen LogP contribution in [0.1, 0.15) is 76.5 Å². The zero-order chi connectivity index (χ0) is 50.6. The molecule has 16 heteroatoms. The van der Waals surface area contributed by atoms with E-state index in [9.17, 15) is 36.7 Å². The lowest BCUT2D eigenvalue weighted by molar-refractivity contribution is -0.138. The Balaban J connectivity index is 0.000000194. The summed E-state index contributed by atoms with van der Waals surface area (Å²) < 4.78 is 70.9. The van der Waals surface area contributed by atoms with Gasteiger partial charge in [0.25, 0.3) is 11.8 Å². The topological polar surface area (TPSA) is 154 Å². The average molecular weight is 971 g/mol. The third-order valence-electron chi connectivity index (χ3n) is 12.2. The fraction of sp³-hybridized carbons (Fsp3) is 0.236. The predicted octanol–water partition coefficient (Wildman–Crippen LogP) is 9.74. The monoisotopic (exact) mass is 970 g/mol. The number of H-pyrrole nitrogens is 2. The number of hydrogen-bond donors (Lipinski definition) is 3. The van der Waals surface area contributed by atoms with Crippen LogP contribution in [0.3, 0.4) is 0 Å². The molecule has 0 saturated carbocycles. The Morgan fingerprint density at radius 1 is 0.563 bits per heavy atom. The molecule has 71 heavy (non-hydrogen) atoms. The third-order valence-corrected chi connectivity index (χ3v) is 12.2. The van der Waals surface area contributed by atoms with Gasteiger partial charge >= 0.3 is 11.9 Å². The van der Waals surface area contributed by atoms with E-state index in [0.717, 1.165) is 62.8 Å². The van der Waals surface area contributed by atoms with Crippen molar-refractivity contribution in [3.63, 3.8) is 0 Å². The van der Waals surface area contributed by atoms with Crippen molar-refractivity contribution in [1.82, 2.24) is 19.8 Å². The molecule has 366 valence electrons. The van der Waals surface area contributed by atoms with Crippen LogP contribution in [0.4, 0.5) is 17.6 Å². The van der Waals surface area contributed by atoms with E-state index in [4.69, 9.17) is 19.3 Å². The molecule has 4 heterocycles. The first-order chi connectivity index (χ1) is 34.0. The number of aliphatic hydroxyl groups is 1. The number of ether oxygens (including phenoxy) is 3. The Bertz CT molecular complexity index is 3230. The Kier molecular flexibility index (Phi) is 14.4. The summed E-state index contributed by atoms with van der Waals surface area (Å²) in [7, 11) is 0. The summed E-state index contributed by atoms with van der Waals surface area (Å²) in [6, 6.07) is 30.8. The molecule has 0 spiro atoms. The Morgan fingerprint density at radius 2 is 1.00 bits per heavy atom. The van der Waals surface area contributed by atoms with Crippen molar-refractivity contribution in [2.75, 3.05) is 39.5 Å². The number of carbonyl (C=O) groups excluding carboxylic acids is 4. The second-order valence-corrected chi connectivity index (χ2v) is 18.4. The number of aromatic amines is 2. The number of hydrogen-bond acceptors (Lipinski definition) is 8. The third kappa shape index (κ3) is 10.5. The number of nitrogens with zero attached hydrogens (tertiary/aromatic N) is 2. The molecule has 0 saturated heterocycles. The molecule has 2 aliphatic rings. The van der Waals surface area contributed by atoms with Crippen LogP contribution in [0, 0.1) is 23.3 Å². The van der Waals surface area contributed by atoms with Crippen molar-refractivity contribution in [3.8, 4) is 0 Å². The highest BCUT2D eigenvalue weighted by Gasteiger charge is 2.39. The highest BCUT2D eigenvalue weighted by molar-refractivity contribution is 6.19. The molecule has 5 aromatic carbocycles.